The van der Waals surface area contributed by atoms with Gasteiger partial charge in [-0.25, -0.2) is 10.0 Å². The summed E-state index contributed by atoms with van der Waals surface area (Å²) in [6.07, 6.45) is 2.65. The van der Waals surface area contributed by atoms with Crippen LogP contribution in [0.5, 0.6) is 0 Å². The first kappa shape index (κ1) is 13.9. The van der Waals surface area contributed by atoms with Crippen molar-refractivity contribution in [3.8, 4) is 0 Å². The highest BCUT2D eigenvalue weighted by Gasteiger charge is 2.22. The van der Waals surface area contributed by atoms with E-state index >= 15 is 0 Å². The number of hydrogen-bond donors (Lipinski definition) is 1. The molecule has 0 aromatic heterocycles. The van der Waals surface area contributed by atoms with Crippen molar-refractivity contribution < 1.29 is 0 Å². The monoisotopic (exact) mass is 228 g/mol. The maximum absolute atomic E-state index is 3.44. The lowest BCUT2D eigenvalue weighted by molar-refractivity contribution is -0.0395. The Morgan fingerprint density at radius 2 is 1.69 bits per heavy atom. The van der Waals surface area contributed by atoms with Crippen molar-refractivity contribution in [2.45, 2.75) is 26.7 Å². The van der Waals surface area contributed by atoms with Crippen molar-refractivity contribution in [3.63, 3.8) is 0 Å². The highest BCUT2D eigenvalue weighted by Crippen LogP contribution is 2.14. The van der Waals surface area contributed by atoms with Gasteiger partial charge in [0.25, 0.3) is 0 Å². The minimum absolute atomic E-state index is 0.820. The zero-order chi connectivity index (χ0) is 12.0. The Morgan fingerprint density at radius 1 is 1.12 bits per heavy atom. The zero-order valence-electron chi connectivity index (χ0n) is 11.4. The second kappa shape index (κ2) is 7.22. The molecule has 0 aromatic carbocycles. The normalized spacial score (nSPS) is 20.8. The van der Waals surface area contributed by atoms with E-state index in [9.17, 15) is 0 Å². The van der Waals surface area contributed by atoms with Gasteiger partial charge < -0.3 is 4.90 Å². The summed E-state index contributed by atoms with van der Waals surface area (Å²) in [4.78, 5) is 2.27. The summed E-state index contributed by atoms with van der Waals surface area (Å²) in [6.45, 7) is 10.2. The van der Waals surface area contributed by atoms with Gasteiger partial charge in [-0.3, -0.25) is 0 Å². The van der Waals surface area contributed by atoms with Crippen molar-refractivity contribution >= 4 is 0 Å². The van der Waals surface area contributed by atoms with Gasteiger partial charge >= 0.3 is 0 Å². The molecule has 0 bridgehead atoms. The molecular weight excluding hydrogens is 200 g/mol. The molecule has 1 N–H and O–H groups in total. The molecule has 4 heteroatoms. The fourth-order valence-electron chi connectivity index (χ4n) is 2.24. The third-order valence-electron chi connectivity index (χ3n) is 3.22. The maximum Gasteiger partial charge on any atom is 0.0185 e. The molecule has 1 heterocycles. The van der Waals surface area contributed by atoms with Gasteiger partial charge in [0.1, 0.15) is 0 Å². The third kappa shape index (κ3) is 4.78. The van der Waals surface area contributed by atoms with Gasteiger partial charge in [0.2, 0.25) is 0 Å². The van der Waals surface area contributed by atoms with E-state index in [-0.39, 0.29) is 0 Å². The number of hydrazine groups is 2. The van der Waals surface area contributed by atoms with E-state index in [2.05, 4.69) is 48.4 Å². The lowest BCUT2D eigenvalue weighted by atomic mass is 10.0. The van der Waals surface area contributed by atoms with Crippen molar-refractivity contribution in [3.05, 3.63) is 0 Å². The topological polar surface area (TPSA) is 21.8 Å². The Bertz CT molecular complexity index is 172. The SMILES string of the molecule is CCN1CC(CCCN(C)C)CN(CC)N1. The second-order valence-corrected chi connectivity index (χ2v) is 4.99. The summed E-state index contributed by atoms with van der Waals surface area (Å²) in [5, 5.41) is 4.65. The molecular formula is C12H28N4. The van der Waals surface area contributed by atoms with E-state index in [4.69, 9.17) is 0 Å². The molecule has 0 amide bonds. The van der Waals surface area contributed by atoms with Crippen molar-refractivity contribution in [1.82, 2.24) is 20.5 Å². The van der Waals surface area contributed by atoms with Crippen LogP contribution >= 0.6 is 0 Å². The van der Waals surface area contributed by atoms with Crippen molar-refractivity contribution in [1.29, 1.82) is 0 Å². The minimum atomic E-state index is 0.820. The molecule has 0 radical (unpaired) electrons. The summed E-state index contributed by atoms with van der Waals surface area (Å²) in [5.74, 6) is 0.820. The van der Waals surface area contributed by atoms with E-state index in [1.807, 2.05) is 0 Å². The smallest absolute Gasteiger partial charge is 0.0185 e. The lowest BCUT2D eigenvalue weighted by Crippen LogP contribution is -2.58. The fraction of sp³-hybridized carbons (Fsp3) is 1.00. The van der Waals surface area contributed by atoms with Crippen LogP contribution < -0.4 is 5.53 Å². The first-order valence-corrected chi connectivity index (χ1v) is 6.56. The van der Waals surface area contributed by atoms with Crippen LogP contribution in [-0.2, 0) is 0 Å². The van der Waals surface area contributed by atoms with Crippen LogP contribution in [0.15, 0.2) is 0 Å². The molecule has 0 aromatic rings. The van der Waals surface area contributed by atoms with Crippen LogP contribution in [0.4, 0.5) is 0 Å². The van der Waals surface area contributed by atoms with Gasteiger partial charge in [0.05, 0.1) is 0 Å². The summed E-state index contributed by atoms with van der Waals surface area (Å²) < 4.78 is 0. The molecule has 16 heavy (non-hydrogen) atoms. The fourth-order valence-corrected chi connectivity index (χ4v) is 2.24. The van der Waals surface area contributed by atoms with Crippen LogP contribution in [0.3, 0.4) is 0 Å². The molecule has 1 rings (SSSR count). The number of nitrogens with one attached hydrogen (secondary N) is 1. The van der Waals surface area contributed by atoms with E-state index < -0.39 is 0 Å². The van der Waals surface area contributed by atoms with Gasteiger partial charge in [-0.15, -0.1) is 0 Å². The Kier molecular flexibility index (Phi) is 6.28. The highest BCUT2D eigenvalue weighted by atomic mass is 15.8. The van der Waals surface area contributed by atoms with Crippen molar-refractivity contribution in [2.75, 3.05) is 46.8 Å². The molecule has 0 unspecified atom stereocenters. The molecule has 1 aliphatic heterocycles. The molecule has 1 fully saturated rings. The van der Waals surface area contributed by atoms with Gasteiger partial charge in [0.15, 0.2) is 0 Å². The van der Waals surface area contributed by atoms with Crippen LogP contribution in [0, 0.1) is 5.92 Å². The molecule has 96 valence electrons. The summed E-state index contributed by atoms with van der Waals surface area (Å²) in [6, 6.07) is 0. The maximum atomic E-state index is 3.44. The first-order valence-electron chi connectivity index (χ1n) is 6.56. The quantitative estimate of drug-likeness (QED) is 0.733. The van der Waals surface area contributed by atoms with E-state index in [0.717, 1.165) is 19.0 Å². The Hall–Kier alpha value is -0.160. The predicted octanol–water partition coefficient (Wildman–Crippen LogP) is 1.02. The van der Waals surface area contributed by atoms with Crippen molar-refractivity contribution in [2.24, 2.45) is 5.92 Å². The Morgan fingerprint density at radius 3 is 2.12 bits per heavy atom. The second-order valence-electron chi connectivity index (χ2n) is 4.99. The van der Waals surface area contributed by atoms with E-state index in [1.54, 1.807) is 0 Å². The predicted molar refractivity (Wildman–Crippen MR) is 68.9 cm³/mol. The van der Waals surface area contributed by atoms with Crippen LogP contribution in [0.1, 0.15) is 26.7 Å². The average molecular weight is 228 g/mol. The molecule has 1 saturated heterocycles. The van der Waals surface area contributed by atoms with Crippen LogP contribution in [-0.4, -0.2) is 61.7 Å². The van der Waals surface area contributed by atoms with Gasteiger partial charge in [-0.05, 0) is 39.4 Å². The molecule has 0 aliphatic carbocycles. The molecule has 0 saturated carbocycles. The van der Waals surface area contributed by atoms with Gasteiger partial charge in [0, 0.05) is 26.2 Å². The summed E-state index contributed by atoms with van der Waals surface area (Å²) in [7, 11) is 4.30. The van der Waals surface area contributed by atoms with Crippen LogP contribution in [0.25, 0.3) is 0 Å². The van der Waals surface area contributed by atoms with Gasteiger partial charge in [-0.1, -0.05) is 13.8 Å². The third-order valence-corrected chi connectivity index (χ3v) is 3.22. The Labute approximate surface area is 101 Å². The minimum Gasteiger partial charge on any atom is -0.309 e. The number of rotatable bonds is 6. The first-order chi connectivity index (χ1) is 7.65. The summed E-state index contributed by atoms with van der Waals surface area (Å²) >= 11 is 0. The Balaban J connectivity index is 2.28. The van der Waals surface area contributed by atoms with E-state index in [0.29, 0.717) is 0 Å². The average Bonchev–Trinajstić information content (AvgIpc) is 2.28. The standard InChI is InChI=1S/C12H28N4/c1-5-15-10-12(8-7-9-14(3)4)11-16(6-2)13-15/h12-13H,5-11H2,1-4H3. The lowest BCUT2D eigenvalue weighted by Gasteiger charge is -2.40. The van der Waals surface area contributed by atoms with E-state index in [1.165, 1.54) is 32.5 Å². The van der Waals surface area contributed by atoms with Crippen LogP contribution in [0.2, 0.25) is 0 Å². The largest absolute Gasteiger partial charge is 0.309 e. The highest BCUT2D eigenvalue weighted by molar-refractivity contribution is 4.71. The number of nitrogens with zero attached hydrogens (tertiary/aromatic N) is 3. The van der Waals surface area contributed by atoms with Gasteiger partial charge in [-0.2, -0.15) is 5.53 Å². The zero-order valence-corrected chi connectivity index (χ0v) is 11.4. The number of hydrogen-bond acceptors (Lipinski definition) is 4. The molecule has 1 aliphatic rings. The summed E-state index contributed by atoms with van der Waals surface area (Å²) in [5.41, 5.74) is 3.44. The molecule has 0 spiro atoms. The molecule has 4 nitrogen and oxygen atoms in total. The molecule has 0 atom stereocenters.